The van der Waals surface area contributed by atoms with Crippen LogP contribution in [-0.4, -0.2) is 29.6 Å². The Bertz CT molecular complexity index is 603. The number of hydrogen-bond donors (Lipinski definition) is 2. The Labute approximate surface area is 117 Å². The van der Waals surface area contributed by atoms with Crippen molar-refractivity contribution >= 4 is 27.4 Å². The minimum absolute atomic E-state index is 0.937. The van der Waals surface area contributed by atoms with Crippen molar-refractivity contribution in [3.8, 4) is 0 Å². The molecule has 0 saturated carbocycles. The fourth-order valence-electron chi connectivity index (χ4n) is 2.36. The molecule has 0 aliphatic carbocycles. The van der Waals surface area contributed by atoms with Crippen LogP contribution in [0.3, 0.4) is 0 Å². The largest absolute Gasteiger partial charge is 0.369 e. The molecule has 2 N–H and O–H groups in total. The number of anilines is 1. The van der Waals surface area contributed by atoms with E-state index in [0.717, 1.165) is 42.1 Å². The summed E-state index contributed by atoms with van der Waals surface area (Å²) < 4.78 is 0. The van der Waals surface area contributed by atoms with Gasteiger partial charge in [0.2, 0.25) is 0 Å². The fourth-order valence-corrected chi connectivity index (χ4v) is 3.20. The van der Waals surface area contributed by atoms with E-state index >= 15 is 0 Å². The lowest BCUT2D eigenvalue weighted by atomic mass is 10.1. The van der Waals surface area contributed by atoms with E-state index in [9.17, 15) is 0 Å². The Morgan fingerprint density at radius 3 is 3.21 bits per heavy atom. The topological polar surface area (TPSA) is 49.8 Å². The SMILES string of the molecule is Cc1cc2c(NCCC3=CCNCC3)ncnc2s1. The molecular weight excluding hydrogens is 256 g/mol. The number of aromatic nitrogens is 2. The van der Waals surface area contributed by atoms with Gasteiger partial charge >= 0.3 is 0 Å². The van der Waals surface area contributed by atoms with E-state index in [-0.39, 0.29) is 0 Å². The molecule has 0 bridgehead atoms. The average Bonchev–Trinajstić information content (AvgIpc) is 2.81. The summed E-state index contributed by atoms with van der Waals surface area (Å²) in [5, 5.41) is 7.92. The van der Waals surface area contributed by atoms with Gasteiger partial charge in [-0.25, -0.2) is 9.97 Å². The maximum absolute atomic E-state index is 4.36. The second-order valence-electron chi connectivity index (χ2n) is 4.79. The van der Waals surface area contributed by atoms with Crippen LogP contribution in [0.15, 0.2) is 24.0 Å². The van der Waals surface area contributed by atoms with Crippen LogP contribution in [0.2, 0.25) is 0 Å². The molecule has 0 aromatic carbocycles. The molecule has 0 radical (unpaired) electrons. The lowest BCUT2D eigenvalue weighted by molar-refractivity contribution is 0.683. The van der Waals surface area contributed by atoms with Crippen LogP contribution in [0.25, 0.3) is 10.2 Å². The molecule has 2 aromatic heterocycles. The standard InChI is InChI=1S/C14H18N4S/c1-10-8-12-13(17-9-18-14(12)19-10)16-7-4-11-2-5-15-6-3-11/h2,8-9,15H,3-7H2,1H3,(H,16,17,18). The van der Waals surface area contributed by atoms with Crippen LogP contribution in [0, 0.1) is 6.92 Å². The van der Waals surface area contributed by atoms with Crippen molar-refractivity contribution in [2.45, 2.75) is 19.8 Å². The van der Waals surface area contributed by atoms with E-state index in [1.54, 1.807) is 17.7 Å². The Morgan fingerprint density at radius 1 is 1.42 bits per heavy atom. The van der Waals surface area contributed by atoms with Crippen LogP contribution in [0.4, 0.5) is 5.82 Å². The third-order valence-corrected chi connectivity index (χ3v) is 4.31. The summed E-state index contributed by atoms with van der Waals surface area (Å²) in [6.45, 7) is 5.16. The van der Waals surface area contributed by atoms with Crippen molar-refractivity contribution in [3.05, 3.63) is 28.9 Å². The normalized spacial score (nSPS) is 15.5. The van der Waals surface area contributed by atoms with Gasteiger partial charge in [0.1, 0.15) is 17.0 Å². The van der Waals surface area contributed by atoms with Gasteiger partial charge in [-0.3, -0.25) is 0 Å². The maximum Gasteiger partial charge on any atom is 0.138 e. The Hall–Kier alpha value is -1.46. The lowest BCUT2D eigenvalue weighted by Gasteiger charge is -2.14. The molecule has 3 rings (SSSR count). The van der Waals surface area contributed by atoms with Gasteiger partial charge < -0.3 is 10.6 Å². The molecule has 4 nitrogen and oxygen atoms in total. The zero-order chi connectivity index (χ0) is 13.1. The lowest BCUT2D eigenvalue weighted by Crippen LogP contribution is -2.21. The van der Waals surface area contributed by atoms with E-state index in [2.05, 4.69) is 39.7 Å². The monoisotopic (exact) mass is 274 g/mol. The minimum Gasteiger partial charge on any atom is -0.369 e. The van der Waals surface area contributed by atoms with Gasteiger partial charge in [0, 0.05) is 18.0 Å². The van der Waals surface area contributed by atoms with E-state index < -0.39 is 0 Å². The van der Waals surface area contributed by atoms with E-state index in [4.69, 9.17) is 0 Å². The van der Waals surface area contributed by atoms with Crippen molar-refractivity contribution in [1.82, 2.24) is 15.3 Å². The highest BCUT2D eigenvalue weighted by Gasteiger charge is 2.07. The molecule has 5 heteroatoms. The summed E-state index contributed by atoms with van der Waals surface area (Å²) in [6, 6.07) is 2.16. The van der Waals surface area contributed by atoms with Gasteiger partial charge in [-0.05, 0) is 32.4 Å². The van der Waals surface area contributed by atoms with Crippen molar-refractivity contribution in [3.63, 3.8) is 0 Å². The number of hydrogen-bond acceptors (Lipinski definition) is 5. The number of nitrogens with one attached hydrogen (secondary N) is 2. The van der Waals surface area contributed by atoms with Gasteiger partial charge in [0.05, 0.1) is 5.39 Å². The van der Waals surface area contributed by atoms with Crippen LogP contribution in [0.5, 0.6) is 0 Å². The van der Waals surface area contributed by atoms with Crippen molar-refractivity contribution < 1.29 is 0 Å². The molecule has 0 atom stereocenters. The zero-order valence-corrected chi connectivity index (χ0v) is 11.9. The molecule has 1 aliphatic heterocycles. The number of aryl methyl sites for hydroxylation is 1. The second-order valence-corrected chi connectivity index (χ2v) is 6.03. The Balaban J connectivity index is 1.66. The fraction of sp³-hybridized carbons (Fsp3) is 0.429. The Kier molecular flexibility index (Phi) is 3.75. The van der Waals surface area contributed by atoms with Gasteiger partial charge in [-0.15, -0.1) is 11.3 Å². The summed E-state index contributed by atoms with van der Waals surface area (Å²) in [4.78, 5) is 11.0. The van der Waals surface area contributed by atoms with Crippen LogP contribution < -0.4 is 10.6 Å². The van der Waals surface area contributed by atoms with E-state index in [0.29, 0.717) is 0 Å². The predicted octanol–water partition coefficient (Wildman–Crippen LogP) is 2.72. The molecular formula is C14H18N4S. The number of nitrogens with zero attached hydrogens (tertiary/aromatic N) is 2. The quantitative estimate of drug-likeness (QED) is 0.842. The molecule has 2 aromatic rings. The first kappa shape index (κ1) is 12.6. The van der Waals surface area contributed by atoms with Crippen LogP contribution in [-0.2, 0) is 0 Å². The first-order chi connectivity index (χ1) is 9.33. The number of rotatable bonds is 4. The van der Waals surface area contributed by atoms with Crippen molar-refractivity contribution in [2.75, 3.05) is 25.0 Å². The van der Waals surface area contributed by atoms with Crippen molar-refractivity contribution in [2.24, 2.45) is 0 Å². The number of fused-ring (bicyclic) bond motifs is 1. The Morgan fingerprint density at radius 2 is 2.37 bits per heavy atom. The molecule has 0 saturated heterocycles. The molecule has 1 aliphatic rings. The smallest absolute Gasteiger partial charge is 0.138 e. The molecule has 0 amide bonds. The molecule has 0 spiro atoms. The highest BCUT2D eigenvalue weighted by molar-refractivity contribution is 7.18. The van der Waals surface area contributed by atoms with Crippen molar-refractivity contribution in [1.29, 1.82) is 0 Å². The first-order valence-electron chi connectivity index (χ1n) is 6.66. The molecule has 0 fully saturated rings. The van der Waals surface area contributed by atoms with Gasteiger partial charge in [-0.1, -0.05) is 11.6 Å². The predicted molar refractivity (Wildman–Crippen MR) is 80.8 cm³/mol. The third kappa shape index (κ3) is 2.93. The summed E-state index contributed by atoms with van der Waals surface area (Å²) in [6.07, 6.45) is 6.20. The van der Waals surface area contributed by atoms with Gasteiger partial charge in [-0.2, -0.15) is 0 Å². The van der Waals surface area contributed by atoms with Gasteiger partial charge in [0.25, 0.3) is 0 Å². The second kappa shape index (κ2) is 5.67. The first-order valence-corrected chi connectivity index (χ1v) is 7.48. The minimum atomic E-state index is 0.937. The van der Waals surface area contributed by atoms with E-state index in [1.165, 1.54) is 16.9 Å². The maximum atomic E-state index is 4.36. The molecule has 100 valence electrons. The summed E-state index contributed by atoms with van der Waals surface area (Å²) in [5.41, 5.74) is 1.54. The summed E-state index contributed by atoms with van der Waals surface area (Å²) >= 11 is 1.72. The summed E-state index contributed by atoms with van der Waals surface area (Å²) in [5.74, 6) is 0.962. The highest BCUT2D eigenvalue weighted by Crippen LogP contribution is 2.27. The third-order valence-electron chi connectivity index (χ3n) is 3.35. The zero-order valence-electron chi connectivity index (χ0n) is 11.1. The molecule has 0 unspecified atom stereocenters. The van der Waals surface area contributed by atoms with Crippen LogP contribution in [0.1, 0.15) is 17.7 Å². The van der Waals surface area contributed by atoms with E-state index in [1.807, 2.05) is 0 Å². The van der Waals surface area contributed by atoms with Crippen LogP contribution >= 0.6 is 11.3 Å². The molecule has 3 heterocycles. The summed E-state index contributed by atoms with van der Waals surface area (Å²) in [7, 11) is 0. The molecule has 19 heavy (non-hydrogen) atoms. The van der Waals surface area contributed by atoms with Gasteiger partial charge in [0.15, 0.2) is 0 Å². The highest BCUT2D eigenvalue weighted by atomic mass is 32.1. The number of thiophene rings is 1. The average molecular weight is 274 g/mol.